The second kappa shape index (κ2) is 14.2. The molecule has 0 aliphatic rings. The molecule has 0 saturated carbocycles. The Morgan fingerprint density at radius 3 is 2.32 bits per heavy atom. The predicted octanol–water partition coefficient (Wildman–Crippen LogP) is 3.89. The molecule has 6 heteroatoms. The summed E-state index contributed by atoms with van der Waals surface area (Å²) in [5, 5.41) is 6.67. The maximum Gasteiger partial charge on any atom is 0.191 e. The summed E-state index contributed by atoms with van der Waals surface area (Å²) in [6, 6.07) is 18.5. The zero-order valence-electron chi connectivity index (χ0n) is 17.1. The Morgan fingerprint density at radius 2 is 1.68 bits per heavy atom. The smallest absolute Gasteiger partial charge is 0.191 e. The van der Waals surface area contributed by atoms with Crippen molar-refractivity contribution in [3.05, 3.63) is 65.7 Å². The van der Waals surface area contributed by atoms with Crippen molar-refractivity contribution in [3.8, 4) is 5.75 Å². The minimum atomic E-state index is 0. The molecule has 2 N–H and O–H groups in total. The molecule has 0 atom stereocenters. The van der Waals surface area contributed by atoms with Gasteiger partial charge in [-0.3, -0.25) is 0 Å². The average molecular weight is 496 g/mol. The highest BCUT2D eigenvalue weighted by molar-refractivity contribution is 14.0. The van der Waals surface area contributed by atoms with Gasteiger partial charge in [0.1, 0.15) is 5.75 Å². The molecule has 28 heavy (non-hydrogen) atoms. The summed E-state index contributed by atoms with van der Waals surface area (Å²) in [5.74, 6) is 1.74. The van der Waals surface area contributed by atoms with E-state index in [0.717, 1.165) is 44.4 Å². The predicted molar refractivity (Wildman–Crippen MR) is 129 cm³/mol. The molecular weight excluding hydrogens is 463 g/mol. The lowest BCUT2D eigenvalue weighted by Gasteiger charge is -2.12. The van der Waals surface area contributed by atoms with Crippen LogP contribution in [0.1, 0.15) is 24.5 Å². The third-order valence-corrected chi connectivity index (χ3v) is 4.01. The van der Waals surface area contributed by atoms with Crippen molar-refractivity contribution in [1.29, 1.82) is 0 Å². The van der Waals surface area contributed by atoms with Crippen molar-refractivity contribution in [2.45, 2.75) is 26.4 Å². The van der Waals surface area contributed by atoms with E-state index < -0.39 is 0 Å². The minimum absolute atomic E-state index is 0. The molecule has 2 aromatic rings. The van der Waals surface area contributed by atoms with Crippen LogP contribution in [0.5, 0.6) is 5.75 Å². The monoisotopic (exact) mass is 496 g/mol. The molecule has 0 spiro atoms. The number of nitrogens with zero attached hydrogens (tertiary/aromatic N) is 2. The molecule has 0 amide bonds. The summed E-state index contributed by atoms with van der Waals surface area (Å²) in [4.78, 5) is 6.81. The normalized spacial score (nSPS) is 11.1. The molecule has 2 aromatic carbocycles. The zero-order valence-corrected chi connectivity index (χ0v) is 19.5. The highest BCUT2D eigenvalue weighted by Gasteiger charge is 2.00. The van der Waals surface area contributed by atoms with Crippen molar-refractivity contribution in [3.63, 3.8) is 0 Å². The van der Waals surface area contributed by atoms with Crippen LogP contribution in [-0.4, -0.2) is 44.7 Å². The maximum absolute atomic E-state index is 5.78. The number of benzene rings is 2. The van der Waals surface area contributed by atoms with Gasteiger partial charge >= 0.3 is 0 Å². The molecule has 5 nitrogen and oxygen atoms in total. The van der Waals surface area contributed by atoms with Gasteiger partial charge in [-0.1, -0.05) is 42.5 Å². The zero-order chi connectivity index (χ0) is 19.3. The van der Waals surface area contributed by atoms with Crippen molar-refractivity contribution >= 4 is 29.9 Å². The van der Waals surface area contributed by atoms with Gasteiger partial charge in [-0.05, 0) is 50.7 Å². The number of ether oxygens (including phenoxy) is 1. The van der Waals surface area contributed by atoms with Crippen molar-refractivity contribution in [2.75, 3.05) is 33.8 Å². The lowest BCUT2D eigenvalue weighted by molar-refractivity contribution is 0.281. The van der Waals surface area contributed by atoms with Crippen LogP contribution in [0.15, 0.2) is 59.6 Å². The number of halogens is 1. The number of hydrogen-bond donors (Lipinski definition) is 2. The van der Waals surface area contributed by atoms with Crippen LogP contribution in [0, 0.1) is 0 Å². The third-order valence-electron chi connectivity index (χ3n) is 4.01. The molecule has 0 aliphatic heterocycles. The van der Waals surface area contributed by atoms with Crippen LogP contribution in [0.2, 0.25) is 0 Å². The van der Waals surface area contributed by atoms with Gasteiger partial charge < -0.3 is 20.3 Å². The van der Waals surface area contributed by atoms with Gasteiger partial charge in [0.2, 0.25) is 0 Å². The first kappa shape index (κ1) is 24.2. The van der Waals surface area contributed by atoms with Gasteiger partial charge in [0.25, 0.3) is 0 Å². The summed E-state index contributed by atoms with van der Waals surface area (Å²) >= 11 is 0. The Morgan fingerprint density at radius 1 is 0.964 bits per heavy atom. The largest absolute Gasteiger partial charge is 0.494 e. The first-order valence-corrected chi connectivity index (χ1v) is 9.60. The second-order valence-electron chi connectivity index (χ2n) is 6.68. The Kier molecular flexibility index (Phi) is 12.3. The molecule has 0 saturated heterocycles. The van der Waals surface area contributed by atoms with Gasteiger partial charge in [-0.25, -0.2) is 4.99 Å². The topological polar surface area (TPSA) is 48.9 Å². The molecule has 0 radical (unpaired) electrons. The highest BCUT2D eigenvalue weighted by atomic mass is 127. The van der Waals surface area contributed by atoms with Crippen LogP contribution in [0.25, 0.3) is 0 Å². The van der Waals surface area contributed by atoms with E-state index in [9.17, 15) is 0 Å². The molecule has 0 bridgehead atoms. The fourth-order valence-corrected chi connectivity index (χ4v) is 2.56. The first-order chi connectivity index (χ1) is 13.2. The van der Waals surface area contributed by atoms with E-state index in [-0.39, 0.29) is 24.0 Å². The number of nitrogens with one attached hydrogen (secondary N) is 2. The van der Waals surface area contributed by atoms with Crippen molar-refractivity contribution in [1.82, 2.24) is 15.5 Å². The van der Waals surface area contributed by atoms with Crippen molar-refractivity contribution in [2.24, 2.45) is 4.99 Å². The molecule has 0 fully saturated rings. The minimum Gasteiger partial charge on any atom is -0.494 e. The standard InChI is InChI=1S/C22H32N4O.HI/c1-4-23-22(24-17-19-9-6-5-7-10-19)25-18-20-11-13-21(14-12-20)27-16-8-15-26(2)3;/h5-7,9-14H,4,8,15-18H2,1-3H3,(H2,23,24,25);1H. The van der Waals surface area contributed by atoms with E-state index >= 15 is 0 Å². The highest BCUT2D eigenvalue weighted by Crippen LogP contribution is 2.12. The van der Waals surface area contributed by atoms with E-state index in [4.69, 9.17) is 4.74 Å². The van der Waals surface area contributed by atoms with Crippen molar-refractivity contribution < 1.29 is 4.74 Å². The molecular formula is C22H33IN4O. The van der Waals surface area contributed by atoms with E-state index in [0.29, 0.717) is 6.54 Å². The fraction of sp³-hybridized carbons (Fsp3) is 0.409. The lowest BCUT2D eigenvalue weighted by Crippen LogP contribution is -2.36. The maximum atomic E-state index is 5.78. The Bertz CT molecular complexity index is 675. The summed E-state index contributed by atoms with van der Waals surface area (Å²) in [6.45, 7) is 6.07. The van der Waals surface area contributed by atoms with Gasteiger partial charge in [0.05, 0.1) is 13.2 Å². The van der Waals surface area contributed by atoms with Crippen LogP contribution in [0.4, 0.5) is 0 Å². The lowest BCUT2D eigenvalue weighted by atomic mass is 10.2. The average Bonchev–Trinajstić information content (AvgIpc) is 2.69. The van der Waals surface area contributed by atoms with E-state index in [1.165, 1.54) is 11.1 Å². The Hall–Kier alpha value is -1.80. The van der Waals surface area contributed by atoms with E-state index in [1.54, 1.807) is 0 Å². The number of guanidine groups is 1. The molecule has 0 aliphatic carbocycles. The molecule has 2 rings (SSSR count). The number of hydrogen-bond acceptors (Lipinski definition) is 3. The number of aliphatic imine (C=N–C) groups is 1. The summed E-state index contributed by atoms with van der Waals surface area (Å²) < 4.78 is 5.78. The Balaban J connectivity index is 0.00000392. The van der Waals surface area contributed by atoms with E-state index in [1.807, 2.05) is 30.3 Å². The third kappa shape index (κ3) is 9.94. The summed E-state index contributed by atoms with van der Waals surface area (Å²) in [7, 11) is 4.15. The molecule has 0 aromatic heterocycles. The van der Waals surface area contributed by atoms with Gasteiger partial charge in [-0.15, -0.1) is 24.0 Å². The Labute approximate surface area is 186 Å². The second-order valence-corrected chi connectivity index (χ2v) is 6.68. The molecule has 0 unspecified atom stereocenters. The van der Waals surface area contributed by atoms with Crippen LogP contribution < -0.4 is 15.4 Å². The van der Waals surface area contributed by atoms with Gasteiger partial charge in [0, 0.05) is 19.6 Å². The summed E-state index contributed by atoms with van der Waals surface area (Å²) in [5.41, 5.74) is 2.39. The first-order valence-electron chi connectivity index (χ1n) is 9.60. The van der Waals surface area contributed by atoms with Crippen LogP contribution in [0.3, 0.4) is 0 Å². The van der Waals surface area contributed by atoms with Crippen LogP contribution in [-0.2, 0) is 13.1 Å². The molecule has 154 valence electrons. The van der Waals surface area contributed by atoms with Gasteiger partial charge in [0.15, 0.2) is 5.96 Å². The van der Waals surface area contributed by atoms with E-state index in [2.05, 4.69) is 65.8 Å². The number of rotatable bonds is 10. The SMILES string of the molecule is CCNC(=NCc1ccccc1)NCc1ccc(OCCCN(C)C)cc1.I. The quantitative estimate of drug-likeness (QED) is 0.227. The molecule has 0 heterocycles. The summed E-state index contributed by atoms with van der Waals surface area (Å²) in [6.07, 6.45) is 1.03. The fourth-order valence-electron chi connectivity index (χ4n) is 2.56. The van der Waals surface area contributed by atoms with Gasteiger partial charge in [-0.2, -0.15) is 0 Å². The van der Waals surface area contributed by atoms with Crippen LogP contribution >= 0.6 is 24.0 Å².